The van der Waals surface area contributed by atoms with Gasteiger partial charge in [0.1, 0.15) is 18.0 Å². The van der Waals surface area contributed by atoms with Crippen LogP contribution in [0.1, 0.15) is 23.4 Å². The van der Waals surface area contributed by atoms with Gasteiger partial charge in [-0.25, -0.2) is 9.97 Å². The molecule has 2 aromatic rings. The third kappa shape index (κ3) is 3.79. The molecule has 2 heterocycles. The van der Waals surface area contributed by atoms with Crippen molar-refractivity contribution in [3.05, 3.63) is 47.3 Å². The second-order valence-corrected chi connectivity index (χ2v) is 6.45. The first-order valence-electron chi connectivity index (χ1n) is 7.93. The van der Waals surface area contributed by atoms with Crippen molar-refractivity contribution in [3.8, 4) is 5.75 Å². The van der Waals surface area contributed by atoms with E-state index >= 15 is 0 Å². The molecular weight excluding hydrogens is 290 g/mol. The lowest BCUT2D eigenvalue weighted by Crippen LogP contribution is -2.39. The van der Waals surface area contributed by atoms with E-state index in [2.05, 4.69) is 9.97 Å². The molecule has 0 saturated carbocycles. The van der Waals surface area contributed by atoms with Gasteiger partial charge in [0, 0.05) is 17.9 Å². The second-order valence-electron chi connectivity index (χ2n) is 6.45. The van der Waals surface area contributed by atoms with E-state index in [0.29, 0.717) is 18.9 Å². The van der Waals surface area contributed by atoms with E-state index in [4.69, 9.17) is 4.74 Å². The summed E-state index contributed by atoms with van der Waals surface area (Å²) in [6.07, 6.45) is 0.648. The molecule has 1 atom stereocenters. The van der Waals surface area contributed by atoms with Crippen LogP contribution in [0.25, 0.3) is 0 Å². The summed E-state index contributed by atoms with van der Waals surface area (Å²) in [5.74, 6) is 1.48. The molecule has 1 aromatic carbocycles. The largest absolute Gasteiger partial charge is 0.491 e. The van der Waals surface area contributed by atoms with E-state index in [0.717, 1.165) is 29.2 Å². The van der Waals surface area contributed by atoms with Gasteiger partial charge in [-0.05, 0) is 51.0 Å². The fourth-order valence-corrected chi connectivity index (χ4v) is 2.92. The zero-order valence-corrected chi connectivity index (χ0v) is 13.9. The Bertz CT molecular complexity index is 684. The Morgan fingerprint density at radius 1 is 1.17 bits per heavy atom. The number of hydrogen-bond acceptors (Lipinski definition) is 5. The fourth-order valence-electron chi connectivity index (χ4n) is 2.92. The van der Waals surface area contributed by atoms with Gasteiger partial charge >= 0.3 is 0 Å². The minimum absolute atomic E-state index is 0.276. The fraction of sp³-hybridized carbons (Fsp3) is 0.444. The number of hydrogen-bond donors (Lipinski definition) is 1. The van der Waals surface area contributed by atoms with Crippen LogP contribution in [0.3, 0.4) is 0 Å². The van der Waals surface area contributed by atoms with Gasteiger partial charge in [-0.3, -0.25) is 0 Å². The number of aryl methyl sites for hydroxylation is 3. The van der Waals surface area contributed by atoms with Crippen molar-refractivity contribution in [2.24, 2.45) is 0 Å². The molecule has 0 amide bonds. The van der Waals surface area contributed by atoms with Crippen LogP contribution in [-0.4, -0.2) is 40.4 Å². The number of ether oxygens (including phenoxy) is 1. The molecule has 1 aliphatic rings. The topological polar surface area (TPSA) is 58.5 Å². The Morgan fingerprint density at radius 2 is 1.91 bits per heavy atom. The van der Waals surface area contributed by atoms with Crippen molar-refractivity contribution in [1.82, 2.24) is 9.97 Å². The van der Waals surface area contributed by atoms with Gasteiger partial charge in [0.2, 0.25) is 5.95 Å². The molecule has 0 bridgehead atoms. The number of anilines is 1. The smallest absolute Gasteiger partial charge is 0.225 e. The van der Waals surface area contributed by atoms with Gasteiger partial charge in [-0.2, -0.15) is 0 Å². The Kier molecular flexibility index (Phi) is 4.22. The molecule has 0 radical (unpaired) electrons. The first-order chi connectivity index (χ1) is 10.9. The lowest BCUT2D eigenvalue weighted by atomic mass is 10.1. The van der Waals surface area contributed by atoms with Crippen molar-refractivity contribution in [3.63, 3.8) is 0 Å². The van der Waals surface area contributed by atoms with E-state index in [1.54, 1.807) is 0 Å². The van der Waals surface area contributed by atoms with Crippen LogP contribution in [-0.2, 0) is 0 Å². The van der Waals surface area contributed by atoms with E-state index in [1.807, 2.05) is 56.0 Å². The quantitative estimate of drug-likeness (QED) is 0.939. The highest BCUT2D eigenvalue weighted by atomic mass is 16.5. The molecule has 1 aliphatic heterocycles. The average Bonchev–Trinajstić information content (AvgIpc) is 2.88. The average molecular weight is 313 g/mol. The molecule has 0 spiro atoms. The molecule has 1 aromatic heterocycles. The molecule has 1 unspecified atom stereocenters. The van der Waals surface area contributed by atoms with Crippen molar-refractivity contribution in [1.29, 1.82) is 0 Å². The Balaban J connectivity index is 1.65. The maximum absolute atomic E-state index is 10.8. The van der Waals surface area contributed by atoms with Gasteiger partial charge < -0.3 is 14.7 Å². The van der Waals surface area contributed by atoms with Gasteiger partial charge in [0.05, 0.1) is 6.54 Å². The van der Waals surface area contributed by atoms with E-state index in [1.165, 1.54) is 0 Å². The van der Waals surface area contributed by atoms with Gasteiger partial charge in [-0.1, -0.05) is 12.1 Å². The highest BCUT2D eigenvalue weighted by molar-refractivity contribution is 5.35. The normalized spacial score (nSPS) is 20.8. The summed E-state index contributed by atoms with van der Waals surface area (Å²) in [7, 11) is 0. The van der Waals surface area contributed by atoms with Crippen LogP contribution in [0.5, 0.6) is 5.75 Å². The highest BCUT2D eigenvalue weighted by Gasteiger charge is 2.38. The van der Waals surface area contributed by atoms with Crippen molar-refractivity contribution in [2.45, 2.75) is 32.8 Å². The summed E-state index contributed by atoms with van der Waals surface area (Å²) in [5, 5.41) is 10.8. The van der Waals surface area contributed by atoms with E-state index in [9.17, 15) is 5.11 Å². The Labute approximate surface area is 137 Å². The molecule has 5 nitrogen and oxygen atoms in total. The summed E-state index contributed by atoms with van der Waals surface area (Å²) in [5.41, 5.74) is 2.16. The van der Waals surface area contributed by atoms with Crippen molar-refractivity contribution >= 4 is 5.95 Å². The Morgan fingerprint density at radius 3 is 2.61 bits per heavy atom. The lowest BCUT2D eigenvalue weighted by Gasteiger charge is -2.24. The van der Waals surface area contributed by atoms with Crippen LogP contribution in [0.4, 0.5) is 5.95 Å². The number of nitrogens with zero attached hydrogens (tertiary/aromatic N) is 3. The predicted octanol–water partition coefficient (Wildman–Crippen LogP) is 2.42. The van der Waals surface area contributed by atoms with E-state index in [-0.39, 0.29) is 6.61 Å². The standard InChI is InChI=1S/C18H23N3O2/c1-13-5-4-6-16(9-13)23-12-18(22)7-8-21(11-18)17-19-14(2)10-15(3)20-17/h4-6,9-10,22H,7-8,11-12H2,1-3H3. The van der Waals surface area contributed by atoms with Crippen LogP contribution < -0.4 is 9.64 Å². The maximum Gasteiger partial charge on any atom is 0.225 e. The molecule has 0 aliphatic carbocycles. The van der Waals surface area contributed by atoms with Gasteiger partial charge in [-0.15, -0.1) is 0 Å². The van der Waals surface area contributed by atoms with Crippen LogP contribution >= 0.6 is 0 Å². The van der Waals surface area contributed by atoms with Crippen molar-refractivity contribution in [2.75, 3.05) is 24.6 Å². The molecule has 23 heavy (non-hydrogen) atoms. The maximum atomic E-state index is 10.8. The monoisotopic (exact) mass is 313 g/mol. The zero-order chi connectivity index (χ0) is 16.4. The molecule has 1 fully saturated rings. The molecule has 5 heteroatoms. The van der Waals surface area contributed by atoms with Crippen LogP contribution in [0, 0.1) is 20.8 Å². The number of rotatable bonds is 4. The predicted molar refractivity (Wildman–Crippen MR) is 90.0 cm³/mol. The molecule has 122 valence electrons. The first-order valence-corrected chi connectivity index (χ1v) is 7.93. The minimum Gasteiger partial charge on any atom is -0.491 e. The van der Waals surface area contributed by atoms with Crippen LogP contribution in [0.15, 0.2) is 30.3 Å². The summed E-state index contributed by atoms with van der Waals surface area (Å²) >= 11 is 0. The minimum atomic E-state index is -0.870. The third-order valence-electron chi connectivity index (χ3n) is 4.08. The van der Waals surface area contributed by atoms with Crippen LogP contribution in [0.2, 0.25) is 0 Å². The summed E-state index contributed by atoms with van der Waals surface area (Å²) in [6.45, 7) is 7.44. The van der Waals surface area contributed by atoms with Crippen molar-refractivity contribution < 1.29 is 9.84 Å². The summed E-state index contributed by atoms with van der Waals surface area (Å²) in [6, 6.07) is 9.82. The van der Waals surface area contributed by atoms with E-state index < -0.39 is 5.60 Å². The molecule has 3 rings (SSSR count). The lowest BCUT2D eigenvalue weighted by molar-refractivity contribution is 0.0144. The first kappa shape index (κ1) is 15.7. The van der Waals surface area contributed by atoms with Gasteiger partial charge in [0.25, 0.3) is 0 Å². The number of β-amino-alcohol motifs (C(OH)–C–C–N with tert-alkyl or cyclic N) is 1. The summed E-state index contributed by atoms with van der Waals surface area (Å²) in [4.78, 5) is 11.0. The zero-order valence-electron chi connectivity index (χ0n) is 13.9. The summed E-state index contributed by atoms with van der Waals surface area (Å²) < 4.78 is 5.79. The number of aliphatic hydroxyl groups is 1. The molecular formula is C18H23N3O2. The SMILES string of the molecule is Cc1cccc(OCC2(O)CCN(c3nc(C)cc(C)n3)C2)c1. The third-order valence-corrected chi connectivity index (χ3v) is 4.08. The van der Waals surface area contributed by atoms with Gasteiger partial charge in [0.15, 0.2) is 0 Å². The number of aromatic nitrogens is 2. The second kappa shape index (κ2) is 6.16. The molecule has 1 N–H and O–H groups in total. The number of benzene rings is 1. The highest BCUT2D eigenvalue weighted by Crippen LogP contribution is 2.26. The Hall–Kier alpha value is -2.14. The molecule has 1 saturated heterocycles.